The molecule has 1 aliphatic carbocycles. The van der Waals surface area contributed by atoms with Crippen molar-refractivity contribution in [2.45, 2.75) is 37.8 Å². The lowest BCUT2D eigenvalue weighted by Gasteiger charge is -2.17. The smallest absolute Gasteiger partial charge is 0.225 e. The van der Waals surface area contributed by atoms with Gasteiger partial charge in [0, 0.05) is 17.1 Å². The number of amides is 1. The van der Waals surface area contributed by atoms with Crippen molar-refractivity contribution in [1.82, 2.24) is 15.2 Å². The lowest BCUT2D eigenvalue weighted by atomic mass is 9.89. The maximum absolute atomic E-state index is 12.6. The average molecular weight is 492 g/mol. The van der Waals surface area contributed by atoms with Crippen LogP contribution in [-0.2, 0) is 17.6 Å². The molecule has 1 unspecified atom stereocenters. The number of aromatic nitrogens is 3. The number of nitrogens with zero attached hydrogens (tertiary/aromatic N) is 4. The van der Waals surface area contributed by atoms with Gasteiger partial charge in [-0.25, -0.2) is 4.98 Å². The van der Waals surface area contributed by atoms with Gasteiger partial charge in [0.25, 0.3) is 0 Å². The molecule has 4 heterocycles. The highest BCUT2D eigenvalue weighted by Crippen LogP contribution is 2.39. The summed E-state index contributed by atoms with van der Waals surface area (Å²) in [7, 11) is 0. The van der Waals surface area contributed by atoms with Crippen LogP contribution in [0.4, 0.5) is 5.00 Å². The largest absolute Gasteiger partial charge is 0.463 e. The summed E-state index contributed by atoms with van der Waals surface area (Å²) in [6, 6.07) is 9.42. The fraction of sp³-hybridized carbons (Fsp3) is 0.292. The van der Waals surface area contributed by atoms with Crippen molar-refractivity contribution in [3.05, 3.63) is 52.8 Å². The van der Waals surface area contributed by atoms with E-state index >= 15 is 0 Å². The monoisotopic (exact) mass is 491 g/mol. The number of carbonyl (C=O) groups is 1. The zero-order chi connectivity index (χ0) is 23.5. The van der Waals surface area contributed by atoms with E-state index < -0.39 is 0 Å². The second-order valence-corrected chi connectivity index (χ2v) is 10.2. The van der Waals surface area contributed by atoms with Crippen molar-refractivity contribution < 1.29 is 13.6 Å². The molecule has 10 heteroatoms. The fourth-order valence-corrected chi connectivity index (χ4v) is 6.02. The first-order valence-electron chi connectivity index (χ1n) is 10.9. The number of furan rings is 2. The Morgan fingerprint density at radius 2 is 2.00 bits per heavy atom. The van der Waals surface area contributed by atoms with Gasteiger partial charge in [0.05, 0.1) is 18.1 Å². The van der Waals surface area contributed by atoms with Gasteiger partial charge in [-0.05, 0) is 55.0 Å². The van der Waals surface area contributed by atoms with E-state index in [2.05, 4.69) is 33.5 Å². The van der Waals surface area contributed by atoms with Crippen molar-refractivity contribution in [2.75, 3.05) is 11.1 Å². The molecule has 1 N–H and O–H groups in total. The number of nitriles is 1. The number of rotatable bonds is 7. The molecule has 0 fully saturated rings. The van der Waals surface area contributed by atoms with E-state index in [9.17, 15) is 10.1 Å². The molecule has 4 aromatic rings. The number of thioether (sulfide) groups is 1. The quantitative estimate of drug-likeness (QED) is 0.333. The van der Waals surface area contributed by atoms with Gasteiger partial charge in [-0.15, -0.1) is 21.5 Å². The van der Waals surface area contributed by atoms with Crippen LogP contribution in [-0.4, -0.2) is 26.8 Å². The number of anilines is 1. The molecular weight excluding hydrogens is 470 g/mol. The van der Waals surface area contributed by atoms with E-state index in [1.165, 1.54) is 28.0 Å². The van der Waals surface area contributed by atoms with Crippen molar-refractivity contribution in [3.63, 3.8) is 0 Å². The third kappa shape index (κ3) is 4.62. The average Bonchev–Trinajstić information content (AvgIpc) is 3.59. The van der Waals surface area contributed by atoms with Crippen molar-refractivity contribution in [3.8, 4) is 29.0 Å². The molecule has 0 bridgehead atoms. The van der Waals surface area contributed by atoms with E-state index in [0.717, 1.165) is 24.8 Å². The highest BCUT2D eigenvalue weighted by atomic mass is 32.2. The molecule has 0 saturated carbocycles. The molecule has 8 nitrogen and oxygen atoms in total. The first kappa shape index (κ1) is 22.4. The van der Waals surface area contributed by atoms with Crippen LogP contribution >= 0.6 is 23.1 Å². The Balaban J connectivity index is 1.25. The Morgan fingerprint density at radius 1 is 1.24 bits per heavy atom. The Labute approximate surface area is 204 Å². The van der Waals surface area contributed by atoms with Gasteiger partial charge in [0.2, 0.25) is 11.1 Å². The predicted octanol–water partition coefficient (Wildman–Crippen LogP) is 5.57. The maximum Gasteiger partial charge on any atom is 0.225 e. The summed E-state index contributed by atoms with van der Waals surface area (Å²) in [5.41, 5.74) is 2.75. The molecule has 1 aliphatic rings. The summed E-state index contributed by atoms with van der Waals surface area (Å²) in [6.45, 7) is 2.22. The van der Waals surface area contributed by atoms with Crippen LogP contribution in [0.5, 0.6) is 0 Å². The number of hydrogen-bond donors (Lipinski definition) is 1. The van der Waals surface area contributed by atoms with Gasteiger partial charge < -0.3 is 14.2 Å². The maximum atomic E-state index is 12.6. The van der Waals surface area contributed by atoms with Gasteiger partial charge in [-0.1, -0.05) is 18.7 Å². The van der Waals surface area contributed by atoms with Gasteiger partial charge in [-0.2, -0.15) is 5.26 Å². The second-order valence-electron chi connectivity index (χ2n) is 8.06. The number of carbonyl (C=O) groups excluding carboxylic acids is 1. The third-order valence-electron chi connectivity index (χ3n) is 5.61. The zero-order valence-electron chi connectivity index (χ0n) is 18.4. The number of fused-ring (bicyclic) bond motifs is 1. The van der Waals surface area contributed by atoms with E-state index in [0.29, 0.717) is 50.3 Å². The van der Waals surface area contributed by atoms with Crippen molar-refractivity contribution in [1.29, 1.82) is 5.26 Å². The van der Waals surface area contributed by atoms with Crippen LogP contribution in [0.15, 0.2) is 50.8 Å². The third-order valence-corrected chi connectivity index (χ3v) is 7.62. The molecule has 172 valence electrons. The van der Waals surface area contributed by atoms with Crippen LogP contribution in [0.25, 0.3) is 22.9 Å². The molecule has 5 rings (SSSR count). The standard InChI is InChI=1S/C24H21N5O3S2/c1-14-6-7-15-16(13-25)23(34-19(15)12-14)26-20(30)8-11-33-24-27-21(17-4-2-9-31-17)22(28-29-24)18-5-3-10-32-18/h2-5,9-10,14H,6-8,11-12H2,1H3,(H,26,30). The molecule has 34 heavy (non-hydrogen) atoms. The predicted molar refractivity (Wildman–Crippen MR) is 129 cm³/mol. The lowest BCUT2D eigenvalue weighted by Crippen LogP contribution is -2.12. The Kier molecular flexibility index (Phi) is 6.47. The van der Waals surface area contributed by atoms with E-state index in [4.69, 9.17) is 8.83 Å². The zero-order valence-corrected chi connectivity index (χ0v) is 20.0. The molecule has 1 amide bonds. The van der Waals surface area contributed by atoms with E-state index in [1.807, 2.05) is 0 Å². The van der Waals surface area contributed by atoms with Crippen LogP contribution in [0.3, 0.4) is 0 Å². The topological polar surface area (TPSA) is 118 Å². The molecule has 0 aromatic carbocycles. The molecule has 0 radical (unpaired) electrons. The van der Waals surface area contributed by atoms with Crippen LogP contribution in [0.2, 0.25) is 0 Å². The van der Waals surface area contributed by atoms with Crippen LogP contribution in [0, 0.1) is 17.2 Å². The summed E-state index contributed by atoms with van der Waals surface area (Å²) in [6.07, 6.45) is 6.34. The minimum absolute atomic E-state index is 0.137. The summed E-state index contributed by atoms with van der Waals surface area (Å²) in [4.78, 5) is 18.4. The summed E-state index contributed by atoms with van der Waals surface area (Å²) in [5, 5.41) is 22.1. The lowest BCUT2D eigenvalue weighted by molar-refractivity contribution is -0.115. The molecule has 0 aliphatic heterocycles. The number of nitrogens with one attached hydrogen (secondary N) is 1. The Hall–Kier alpha value is -3.42. The second kappa shape index (κ2) is 9.83. The van der Waals surface area contributed by atoms with Crippen molar-refractivity contribution >= 4 is 34.0 Å². The minimum atomic E-state index is -0.137. The summed E-state index contributed by atoms with van der Waals surface area (Å²) >= 11 is 2.87. The van der Waals surface area contributed by atoms with E-state index in [-0.39, 0.29) is 12.3 Å². The molecule has 0 saturated heterocycles. The molecular formula is C24H21N5O3S2. The Bertz CT molecular complexity index is 1340. The van der Waals surface area contributed by atoms with Crippen LogP contribution < -0.4 is 5.32 Å². The SMILES string of the molecule is CC1CCc2c(sc(NC(=O)CCSc3nnc(-c4ccco4)c(-c4ccco4)n3)c2C#N)C1. The normalized spacial score (nSPS) is 15.0. The van der Waals surface area contributed by atoms with Crippen molar-refractivity contribution in [2.24, 2.45) is 5.92 Å². The molecule has 0 spiro atoms. The summed E-state index contributed by atoms with van der Waals surface area (Å²) in [5.74, 6) is 2.04. The van der Waals surface area contributed by atoms with Gasteiger partial charge in [-0.3, -0.25) is 4.79 Å². The Morgan fingerprint density at radius 3 is 2.71 bits per heavy atom. The highest BCUT2D eigenvalue weighted by molar-refractivity contribution is 7.99. The minimum Gasteiger partial charge on any atom is -0.463 e. The number of thiophene rings is 1. The fourth-order valence-electron chi connectivity index (χ4n) is 3.92. The number of hydrogen-bond acceptors (Lipinski definition) is 9. The van der Waals surface area contributed by atoms with E-state index in [1.54, 1.807) is 36.8 Å². The van der Waals surface area contributed by atoms with Crippen LogP contribution in [0.1, 0.15) is 35.8 Å². The molecule has 4 aromatic heterocycles. The first-order valence-corrected chi connectivity index (χ1v) is 12.7. The molecule has 1 atom stereocenters. The van der Waals surface area contributed by atoms with Gasteiger partial charge >= 0.3 is 0 Å². The van der Waals surface area contributed by atoms with Gasteiger partial charge in [0.1, 0.15) is 16.8 Å². The highest BCUT2D eigenvalue weighted by Gasteiger charge is 2.24. The summed E-state index contributed by atoms with van der Waals surface area (Å²) < 4.78 is 11.0. The van der Waals surface area contributed by atoms with Gasteiger partial charge in [0.15, 0.2) is 17.2 Å². The first-order chi connectivity index (χ1) is 16.6.